The zero-order valence-corrected chi connectivity index (χ0v) is 12.3. The molecule has 0 aliphatic heterocycles. The minimum atomic E-state index is -4.50. The van der Waals surface area contributed by atoms with Gasteiger partial charge in [0.15, 0.2) is 0 Å². The lowest BCUT2D eigenvalue weighted by Crippen LogP contribution is -2.09. The Balaban J connectivity index is 2.46. The van der Waals surface area contributed by atoms with Crippen molar-refractivity contribution < 1.29 is 13.2 Å². The molecule has 0 spiro atoms. The fraction of sp³-hybridized carbons (Fsp3) is 0.0769. The van der Waals surface area contributed by atoms with E-state index < -0.39 is 11.7 Å². The van der Waals surface area contributed by atoms with Crippen LogP contribution in [0.4, 0.5) is 30.2 Å². The van der Waals surface area contributed by atoms with Crippen LogP contribution in [0.15, 0.2) is 40.9 Å². The SMILES string of the molecule is Nc1ccc(Nc2cc(Br)ccc2Cl)c(C(F)(F)F)c1. The van der Waals surface area contributed by atoms with Gasteiger partial charge in [0.05, 0.1) is 22.0 Å². The highest BCUT2D eigenvalue weighted by Crippen LogP contribution is 2.38. The van der Waals surface area contributed by atoms with Crippen LogP contribution in [0.5, 0.6) is 0 Å². The van der Waals surface area contributed by atoms with Crippen LogP contribution in [0, 0.1) is 0 Å². The summed E-state index contributed by atoms with van der Waals surface area (Å²) in [5, 5.41) is 3.00. The highest BCUT2D eigenvalue weighted by atomic mass is 79.9. The predicted octanol–water partition coefficient (Wildman–Crippen LogP) is 5.45. The molecular formula is C13H9BrClF3N2. The first-order chi connectivity index (χ1) is 9.27. The lowest BCUT2D eigenvalue weighted by Gasteiger charge is -2.16. The van der Waals surface area contributed by atoms with Gasteiger partial charge in [0.2, 0.25) is 0 Å². The molecule has 0 aliphatic rings. The normalized spacial score (nSPS) is 11.4. The molecule has 0 atom stereocenters. The Kier molecular flexibility index (Phi) is 4.15. The van der Waals surface area contributed by atoms with Crippen LogP contribution in [0.2, 0.25) is 5.02 Å². The largest absolute Gasteiger partial charge is 0.418 e. The quantitative estimate of drug-likeness (QED) is 0.695. The molecule has 0 saturated carbocycles. The second-order valence-electron chi connectivity index (χ2n) is 4.05. The topological polar surface area (TPSA) is 38.0 Å². The van der Waals surface area contributed by atoms with Crippen molar-refractivity contribution in [3.63, 3.8) is 0 Å². The molecule has 2 nitrogen and oxygen atoms in total. The van der Waals surface area contributed by atoms with Crippen LogP contribution < -0.4 is 11.1 Å². The van der Waals surface area contributed by atoms with Crippen LogP contribution in [0.1, 0.15) is 5.56 Å². The van der Waals surface area contributed by atoms with E-state index in [9.17, 15) is 13.2 Å². The lowest BCUT2D eigenvalue weighted by molar-refractivity contribution is -0.136. The van der Waals surface area contributed by atoms with Crippen LogP contribution in [-0.2, 0) is 6.18 Å². The Morgan fingerprint density at radius 1 is 1.05 bits per heavy atom. The predicted molar refractivity (Wildman–Crippen MR) is 78.3 cm³/mol. The van der Waals surface area contributed by atoms with Gasteiger partial charge in [-0.1, -0.05) is 27.5 Å². The molecule has 0 amide bonds. The minimum Gasteiger partial charge on any atom is -0.399 e. The number of nitrogens with two attached hydrogens (primary N) is 1. The smallest absolute Gasteiger partial charge is 0.399 e. The number of rotatable bonds is 2. The average molecular weight is 366 g/mol. The highest BCUT2D eigenvalue weighted by molar-refractivity contribution is 9.10. The third-order valence-electron chi connectivity index (χ3n) is 2.55. The maximum Gasteiger partial charge on any atom is 0.418 e. The van der Waals surface area contributed by atoms with Crippen LogP contribution in [0.25, 0.3) is 0 Å². The van der Waals surface area contributed by atoms with Gasteiger partial charge in [0, 0.05) is 10.2 Å². The second kappa shape index (κ2) is 5.54. The molecule has 106 valence electrons. The third kappa shape index (κ3) is 3.37. The fourth-order valence-corrected chi connectivity index (χ4v) is 2.17. The van der Waals surface area contributed by atoms with Gasteiger partial charge in [-0.2, -0.15) is 13.2 Å². The lowest BCUT2D eigenvalue weighted by atomic mass is 10.1. The van der Waals surface area contributed by atoms with Crippen molar-refractivity contribution in [1.82, 2.24) is 0 Å². The minimum absolute atomic E-state index is 0.0446. The van der Waals surface area contributed by atoms with Gasteiger partial charge in [0.1, 0.15) is 0 Å². The summed E-state index contributed by atoms with van der Waals surface area (Å²) in [6.45, 7) is 0. The Labute approximate surface area is 126 Å². The van der Waals surface area contributed by atoms with Gasteiger partial charge in [-0.05, 0) is 36.4 Å². The first-order valence-electron chi connectivity index (χ1n) is 5.46. The number of anilines is 3. The summed E-state index contributed by atoms with van der Waals surface area (Å²) in [4.78, 5) is 0. The maximum absolute atomic E-state index is 13.0. The number of nitrogen functional groups attached to an aromatic ring is 1. The highest BCUT2D eigenvalue weighted by Gasteiger charge is 2.33. The molecule has 0 bridgehead atoms. The van der Waals surface area contributed by atoms with Gasteiger partial charge in [-0.25, -0.2) is 0 Å². The molecular weight excluding hydrogens is 357 g/mol. The Morgan fingerprint density at radius 3 is 2.40 bits per heavy atom. The number of benzene rings is 2. The van der Waals surface area contributed by atoms with Gasteiger partial charge in [-0.3, -0.25) is 0 Å². The summed E-state index contributed by atoms with van der Waals surface area (Å²) in [7, 11) is 0. The first kappa shape index (κ1) is 15.0. The third-order valence-corrected chi connectivity index (χ3v) is 3.37. The average Bonchev–Trinajstić information content (AvgIpc) is 2.34. The second-order valence-corrected chi connectivity index (χ2v) is 5.37. The van der Waals surface area contributed by atoms with E-state index in [1.165, 1.54) is 12.1 Å². The molecule has 0 unspecified atom stereocenters. The molecule has 0 heterocycles. The van der Waals surface area contributed by atoms with E-state index in [4.69, 9.17) is 17.3 Å². The molecule has 2 aromatic carbocycles. The van der Waals surface area contributed by atoms with E-state index in [0.29, 0.717) is 15.2 Å². The molecule has 0 aromatic heterocycles. The monoisotopic (exact) mass is 364 g/mol. The molecule has 0 saturated heterocycles. The summed E-state index contributed by atoms with van der Waals surface area (Å²) in [6, 6.07) is 8.42. The fourth-order valence-electron chi connectivity index (χ4n) is 1.64. The standard InChI is InChI=1S/C13H9BrClF3N2/c14-7-1-3-10(15)12(5-7)20-11-4-2-8(19)6-9(11)13(16,17)18/h1-6,20H,19H2. The molecule has 7 heteroatoms. The Morgan fingerprint density at radius 2 is 1.75 bits per heavy atom. The number of nitrogens with one attached hydrogen (secondary N) is 1. The molecule has 0 aliphatic carbocycles. The summed E-state index contributed by atoms with van der Waals surface area (Å²) in [6.07, 6.45) is -4.50. The van der Waals surface area contributed by atoms with Crippen molar-refractivity contribution in [1.29, 1.82) is 0 Å². The molecule has 2 rings (SSSR count). The van der Waals surface area contributed by atoms with E-state index in [1.54, 1.807) is 18.2 Å². The van der Waals surface area contributed by atoms with E-state index in [1.807, 2.05) is 0 Å². The number of halogens is 5. The summed E-state index contributed by atoms with van der Waals surface area (Å²) in [5.74, 6) is 0. The van der Waals surface area contributed by atoms with Crippen molar-refractivity contribution in [3.8, 4) is 0 Å². The Hall–Kier alpha value is -1.40. The summed E-state index contributed by atoms with van der Waals surface area (Å²) >= 11 is 9.19. The van der Waals surface area contributed by atoms with Gasteiger partial charge in [-0.15, -0.1) is 0 Å². The zero-order chi connectivity index (χ0) is 14.9. The van der Waals surface area contributed by atoms with Crippen LogP contribution in [-0.4, -0.2) is 0 Å². The van der Waals surface area contributed by atoms with Crippen molar-refractivity contribution in [2.75, 3.05) is 11.1 Å². The Bertz CT molecular complexity index is 644. The van der Waals surface area contributed by atoms with E-state index in [0.717, 1.165) is 6.07 Å². The van der Waals surface area contributed by atoms with E-state index in [-0.39, 0.29) is 11.4 Å². The zero-order valence-electron chi connectivity index (χ0n) is 9.93. The van der Waals surface area contributed by atoms with Crippen molar-refractivity contribution in [2.45, 2.75) is 6.18 Å². The van der Waals surface area contributed by atoms with Crippen LogP contribution >= 0.6 is 27.5 Å². The maximum atomic E-state index is 13.0. The van der Waals surface area contributed by atoms with Gasteiger partial charge >= 0.3 is 6.18 Å². The molecule has 0 fully saturated rings. The van der Waals surface area contributed by atoms with Crippen molar-refractivity contribution in [3.05, 3.63) is 51.5 Å². The van der Waals surface area contributed by atoms with E-state index in [2.05, 4.69) is 21.2 Å². The molecule has 0 radical (unpaired) electrons. The van der Waals surface area contributed by atoms with E-state index >= 15 is 0 Å². The number of hydrogen-bond donors (Lipinski definition) is 2. The molecule has 20 heavy (non-hydrogen) atoms. The van der Waals surface area contributed by atoms with Gasteiger partial charge < -0.3 is 11.1 Å². The van der Waals surface area contributed by atoms with Gasteiger partial charge in [0.25, 0.3) is 0 Å². The first-order valence-corrected chi connectivity index (χ1v) is 6.63. The molecule has 2 aromatic rings. The van der Waals surface area contributed by atoms with Crippen molar-refractivity contribution in [2.24, 2.45) is 0 Å². The van der Waals surface area contributed by atoms with Crippen LogP contribution in [0.3, 0.4) is 0 Å². The summed E-state index contributed by atoms with van der Waals surface area (Å²) < 4.78 is 39.6. The number of hydrogen-bond acceptors (Lipinski definition) is 2. The number of alkyl halides is 3. The van der Waals surface area contributed by atoms with Crippen molar-refractivity contribution >= 4 is 44.6 Å². The molecule has 3 N–H and O–H groups in total. The summed E-state index contributed by atoms with van der Waals surface area (Å²) in [5.41, 5.74) is 4.88.